The first-order valence-corrected chi connectivity index (χ1v) is 9.59. The number of rotatable bonds is 7. The van der Waals surface area contributed by atoms with Crippen molar-refractivity contribution < 1.29 is 9.53 Å². The Morgan fingerprint density at radius 2 is 1.96 bits per heavy atom. The number of nitrogens with two attached hydrogens (primary N) is 1. The van der Waals surface area contributed by atoms with Crippen LogP contribution in [-0.2, 0) is 4.79 Å². The Bertz CT molecular complexity index is 937. The summed E-state index contributed by atoms with van der Waals surface area (Å²) < 4.78 is 7.47. The first-order valence-electron chi connectivity index (χ1n) is 8.71. The number of hydrogen-bond donors (Lipinski definition) is 1. The van der Waals surface area contributed by atoms with Crippen LogP contribution >= 0.6 is 11.8 Å². The van der Waals surface area contributed by atoms with Crippen LogP contribution in [0.25, 0.3) is 17.1 Å². The highest BCUT2D eigenvalue weighted by Crippen LogP contribution is 2.31. The van der Waals surface area contributed by atoms with Gasteiger partial charge >= 0.3 is 0 Å². The summed E-state index contributed by atoms with van der Waals surface area (Å²) in [5, 5.41) is 8.90. The molecule has 3 aromatic rings. The van der Waals surface area contributed by atoms with Crippen molar-refractivity contribution in [2.45, 2.75) is 31.2 Å². The Labute approximate surface area is 162 Å². The molecular formula is C20H22N4O2S. The summed E-state index contributed by atoms with van der Waals surface area (Å²) in [7, 11) is 0. The van der Waals surface area contributed by atoms with Crippen LogP contribution in [0, 0.1) is 6.92 Å². The maximum Gasteiger partial charge on any atom is 0.230 e. The lowest BCUT2D eigenvalue weighted by Gasteiger charge is -2.13. The van der Waals surface area contributed by atoms with Gasteiger partial charge in [-0.05, 0) is 51.1 Å². The Morgan fingerprint density at radius 1 is 1.22 bits per heavy atom. The minimum atomic E-state index is -0.416. The average Bonchev–Trinajstić information content (AvgIpc) is 3.06. The van der Waals surface area contributed by atoms with Gasteiger partial charge in [-0.3, -0.25) is 9.36 Å². The van der Waals surface area contributed by atoms with E-state index < -0.39 is 11.2 Å². The minimum absolute atomic E-state index is 0.390. The van der Waals surface area contributed by atoms with Crippen molar-refractivity contribution in [3.8, 4) is 22.8 Å². The van der Waals surface area contributed by atoms with Gasteiger partial charge in [0, 0.05) is 11.3 Å². The first kappa shape index (κ1) is 19.0. The molecule has 0 aliphatic heterocycles. The van der Waals surface area contributed by atoms with E-state index in [2.05, 4.69) is 16.3 Å². The molecule has 0 aliphatic carbocycles. The molecule has 3 rings (SSSR count). The van der Waals surface area contributed by atoms with Crippen molar-refractivity contribution >= 4 is 17.7 Å². The summed E-state index contributed by atoms with van der Waals surface area (Å²) >= 11 is 1.29. The van der Waals surface area contributed by atoms with Crippen molar-refractivity contribution in [1.82, 2.24) is 14.8 Å². The third-order valence-corrected chi connectivity index (χ3v) is 5.06. The van der Waals surface area contributed by atoms with Gasteiger partial charge in [0.05, 0.1) is 11.9 Å². The second-order valence-electron chi connectivity index (χ2n) is 6.10. The highest BCUT2D eigenvalue weighted by molar-refractivity contribution is 8.00. The Hall–Kier alpha value is -2.80. The smallest absolute Gasteiger partial charge is 0.230 e. The highest BCUT2D eigenvalue weighted by atomic mass is 32.2. The van der Waals surface area contributed by atoms with E-state index in [4.69, 9.17) is 10.5 Å². The number of carbonyl (C=O) groups excluding carboxylic acids is 1. The van der Waals surface area contributed by atoms with E-state index in [9.17, 15) is 4.79 Å². The number of aromatic nitrogens is 3. The van der Waals surface area contributed by atoms with E-state index in [0.29, 0.717) is 17.6 Å². The van der Waals surface area contributed by atoms with Gasteiger partial charge in [0.15, 0.2) is 11.0 Å². The SMILES string of the molecule is CCOc1ccc(-n2c(SC(C)C(N)=O)nnc2-c2cccc(C)c2)cc1. The van der Waals surface area contributed by atoms with Crippen molar-refractivity contribution in [2.24, 2.45) is 5.73 Å². The fourth-order valence-electron chi connectivity index (χ4n) is 2.62. The van der Waals surface area contributed by atoms with Gasteiger partial charge in [-0.25, -0.2) is 0 Å². The van der Waals surface area contributed by atoms with Gasteiger partial charge in [-0.2, -0.15) is 0 Å². The molecule has 1 unspecified atom stereocenters. The van der Waals surface area contributed by atoms with Gasteiger partial charge in [-0.15, -0.1) is 10.2 Å². The number of aryl methyl sites for hydroxylation is 1. The minimum Gasteiger partial charge on any atom is -0.494 e. The maximum absolute atomic E-state index is 11.5. The van der Waals surface area contributed by atoms with Gasteiger partial charge in [0.2, 0.25) is 5.91 Å². The molecule has 0 radical (unpaired) electrons. The number of amides is 1. The lowest BCUT2D eigenvalue weighted by Crippen LogP contribution is -2.23. The monoisotopic (exact) mass is 382 g/mol. The number of nitrogens with zero attached hydrogens (tertiary/aromatic N) is 3. The predicted octanol–water partition coefficient (Wildman–Crippen LogP) is 3.61. The standard InChI is InChI=1S/C20H22N4O2S/c1-4-26-17-10-8-16(9-11-17)24-19(15-7-5-6-13(2)12-15)22-23-20(24)27-14(3)18(21)25/h5-12,14H,4H2,1-3H3,(H2,21,25). The van der Waals surface area contributed by atoms with Crippen molar-refractivity contribution in [3.05, 3.63) is 54.1 Å². The molecule has 140 valence electrons. The molecule has 0 bridgehead atoms. The highest BCUT2D eigenvalue weighted by Gasteiger charge is 2.20. The van der Waals surface area contributed by atoms with E-state index in [1.807, 2.05) is 60.9 Å². The van der Waals surface area contributed by atoms with Crippen LogP contribution in [-0.4, -0.2) is 32.5 Å². The van der Waals surface area contributed by atoms with Crippen LogP contribution in [0.4, 0.5) is 0 Å². The van der Waals surface area contributed by atoms with Gasteiger partial charge < -0.3 is 10.5 Å². The van der Waals surface area contributed by atoms with E-state index in [1.165, 1.54) is 11.8 Å². The number of ether oxygens (including phenoxy) is 1. The number of primary amides is 1. The molecule has 1 atom stereocenters. The summed E-state index contributed by atoms with van der Waals surface area (Å²) in [6.45, 7) is 6.35. The molecule has 2 N–H and O–H groups in total. The average molecular weight is 382 g/mol. The molecule has 0 saturated heterocycles. The van der Waals surface area contributed by atoms with Gasteiger partial charge in [0.1, 0.15) is 5.75 Å². The summed E-state index contributed by atoms with van der Waals surface area (Å²) in [4.78, 5) is 11.5. The number of thioether (sulfide) groups is 1. The largest absolute Gasteiger partial charge is 0.494 e. The number of benzene rings is 2. The topological polar surface area (TPSA) is 83.0 Å². The van der Waals surface area contributed by atoms with Crippen LogP contribution in [0.15, 0.2) is 53.7 Å². The van der Waals surface area contributed by atoms with Crippen LogP contribution < -0.4 is 10.5 Å². The van der Waals surface area contributed by atoms with E-state index in [-0.39, 0.29) is 0 Å². The quantitative estimate of drug-likeness (QED) is 0.631. The normalized spacial score (nSPS) is 12.0. The third-order valence-electron chi connectivity index (χ3n) is 4.00. The van der Waals surface area contributed by atoms with E-state index in [0.717, 1.165) is 22.6 Å². The molecule has 1 amide bonds. The van der Waals surface area contributed by atoms with Crippen molar-refractivity contribution in [2.75, 3.05) is 6.61 Å². The summed E-state index contributed by atoms with van der Waals surface area (Å²) in [6.07, 6.45) is 0. The number of carbonyl (C=O) groups is 1. The second-order valence-corrected chi connectivity index (χ2v) is 7.41. The molecule has 1 aromatic heterocycles. The Morgan fingerprint density at radius 3 is 2.59 bits per heavy atom. The first-order chi connectivity index (χ1) is 13.0. The molecule has 7 heteroatoms. The van der Waals surface area contributed by atoms with Gasteiger partial charge in [-0.1, -0.05) is 35.5 Å². The lowest BCUT2D eigenvalue weighted by atomic mass is 10.1. The summed E-state index contributed by atoms with van der Waals surface area (Å²) in [5.41, 5.74) is 8.40. The molecule has 0 saturated carbocycles. The van der Waals surface area contributed by atoms with Crippen LogP contribution in [0.3, 0.4) is 0 Å². The molecular weight excluding hydrogens is 360 g/mol. The van der Waals surface area contributed by atoms with E-state index >= 15 is 0 Å². The molecule has 0 fully saturated rings. The molecule has 2 aromatic carbocycles. The van der Waals surface area contributed by atoms with Crippen LogP contribution in [0.1, 0.15) is 19.4 Å². The molecule has 6 nitrogen and oxygen atoms in total. The molecule has 0 aliphatic rings. The summed E-state index contributed by atoms with van der Waals surface area (Å²) in [6, 6.07) is 15.8. The predicted molar refractivity (Wildman–Crippen MR) is 107 cm³/mol. The zero-order valence-electron chi connectivity index (χ0n) is 15.5. The lowest BCUT2D eigenvalue weighted by molar-refractivity contribution is -0.117. The second kappa shape index (κ2) is 8.26. The Kier molecular flexibility index (Phi) is 5.81. The fourth-order valence-corrected chi connectivity index (χ4v) is 3.44. The molecule has 1 heterocycles. The van der Waals surface area contributed by atoms with Crippen molar-refractivity contribution in [3.63, 3.8) is 0 Å². The zero-order valence-corrected chi connectivity index (χ0v) is 16.4. The summed E-state index contributed by atoms with van der Waals surface area (Å²) in [5.74, 6) is 1.12. The Balaban J connectivity index is 2.09. The number of hydrogen-bond acceptors (Lipinski definition) is 5. The third kappa shape index (κ3) is 4.31. The molecule has 27 heavy (non-hydrogen) atoms. The van der Waals surface area contributed by atoms with Crippen LogP contribution in [0.2, 0.25) is 0 Å². The molecule has 0 spiro atoms. The van der Waals surface area contributed by atoms with Crippen LogP contribution in [0.5, 0.6) is 5.75 Å². The fraction of sp³-hybridized carbons (Fsp3) is 0.250. The zero-order chi connectivity index (χ0) is 19.4. The van der Waals surface area contributed by atoms with Crippen molar-refractivity contribution in [1.29, 1.82) is 0 Å². The van der Waals surface area contributed by atoms with Gasteiger partial charge in [0.25, 0.3) is 0 Å². The van der Waals surface area contributed by atoms with E-state index in [1.54, 1.807) is 6.92 Å². The maximum atomic E-state index is 11.5.